The minimum Gasteiger partial charge on any atom is -0.464 e. The number of nitrogens with zero attached hydrogens (tertiary/aromatic N) is 4. The number of pyridine rings is 1. The summed E-state index contributed by atoms with van der Waals surface area (Å²) in [5, 5.41) is 4.29. The van der Waals surface area contributed by atoms with Crippen molar-refractivity contribution in [3.8, 4) is 0 Å². The Labute approximate surface area is 147 Å². The van der Waals surface area contributed by atoms with Gasteiger partial charge >= 0.3 is 0 Å². The van der Waals surface area contributed by atoms with Gasteiger partial charge < -0.3 is 9.32 Å². The van der Waals surface area contributed by atoms with E-state index < -0.39 is 0 Å². The molecular formula is C19H22N4O2. The predicted molar refractivity (Wildman–Crippen MR) is 93.9 cm³/mol. The normalized spacial score (nSPS) is 10.8. The number of aromatic nitrogens is 3. The number of hydrogen-bond donors (Lipinski definition) is 0. The maximum Gasteiger partial charge on any atom is 0.258 e. The summed E-state index contributed by atoms with van der Waals surface area (Å²) in [6.45, 7) is 7.35. The van der Waals surface area contributed by atoms with E-state index in [4.69, 9.17) is 4.42 Å². The van der Waals surface area contributed by atoms with Gasteiger partial charge in [-0.25, -0.2) is 0 Å². The second-order valence-electron chi connectivity index (χ2n) is 5.95. The van der Waals surface area contributed by atoms with Gasteiger partial charge in [-0.2, -0.15) is 5.10 Å². The molecular weight excluding hydrogens is 316 g/mol. The molecule has 130 valence electrons. The van der Waals surface area contributed by atoms with E-state index in [-0.39, 0.29) is 5.91 Å². The zero-order valence-electron chi connectivity index (χ0n) is 14.8. The fourth-order valence-corrected chi connectivity index (χ4v) is 2.79. The van der Waals surface area contributed by atoms with Gasteiger partial charge in [0.2, 0.25) is 0 Å². The Balaban J connectivity index is 1.88. The summed E-state index contributed by atoms with van der Waals surface area (Å²) >= 11 is 0. The van der Waals surface area contributed by atoms with Gasteiger partial charge in [0.1, 0.15) is 11.5 Å². The minimum absolute atomic E-state index is 0.0723. The molecule has 0 aliphatic carbocycles. The summed E-state index contributed by atoms with van der Waals surface area (Å²) in [5.74, 6) is 1.51. The fourth-order valence-electron chi connectivity index (χ4n) is 2.79. The molecule has 0 saturated carbocycles. The van der Waals surface area contributed by atoms with Crippen LogP contribution >= 0.6 is 0 Å². The number of carbonyl (C=O) groups is 1. The smallest absolute Gasteiger partial charge is 0.258 e. The quantitative estimate of drug-likeness (QED) is 0.691. The Hall–Kier alpha value is -2.89. The van der Waals surface area contributed by atoms with Crippen LogP contribution in [0.4, 0.5) is 0 Å². The first-order valence-electron chi connectivity index (χ1n) is 8.35. The van der Waals surface area contributed by atoms with Crippen molar-refractivity contribution in [2.45, 2.75) is 40.4 Å². The Morgan fingerprint density at radius 1 is 1.20 bits per heavy atom. The lowest BCUT2D eigenvalue weighted by Crippen LogP contribution is -2.30. The van der Waals surface area contributed by atoms with E-state index in [0.29, 0.717) is 18.7 Å². The average Bonchev–Trinajstić information content (AvgIpc) is 3.20. The molecule has 0 radical (unpaired) electrons. The zero-order valence-corrected chi connectivity index (χ0v) is 14.8. The third kappa shape index (κ3) is 3.79. The summed E-state index contributed by atoms with van der Waals surface area (Å²) in [7, 11) is 0. The summed E-state index contributed by atoms with van der Waals surface area (Å²) in [6, 6.07) is 9.49. The van der Waals surface area contributed by atoms with Crippen molar-refractivity contribution in [3.63, 3.8) is 0 Å². The zero-order chi connectivity index (χ0) is 17.8. The Bertz CT molecular complexity index is 851. The van der Waals surface area contributed by atoms with Crippen LogP contribution in [0, 0.1) is 13.8 Å². The van der Waals surface area contributed by atoms with Gasteiger partial charge in [0.05, 0.1) is 30.5 Å². The third-order valence-corrected chi connectivity index (χ3v) is 4.14. The fraction of sp³-hybridized carbons (Fsp3) is 0.316. The number of carbonyl (C=O) groups excluding carboxylic acids is 1. The molecule has 3 rings (SSSR count). The molecule has 0 aliphatic rings. The van der Waals surface area contributed by atoms with Crippen molar-refractivity contribution >= 4 is 5.91 Å². The molecule has 0 aliphatic heterocycles. The van der Waals surface area contributed by atoms with Gasteiger partial charge in [0.25, 0.3) is 5.91 Å². The Morgan fingerprint density at radius 2 is 2.04 bits per heavy atom. The first-order chi connectivity index (χ1) is 12.1. The monoisotopic (exact) mass is 338 g/mol. The topological polar surface area (TPSA) is 64.2 Å². The van der Waals surface area contributed by atoms with Crippen molar-refractivity contribution < 1.29 is 9.21 Å². The molecule has 3 heterocycles. The molecule has 0 aromatic carbocycles. The first-order valence-corrected chi connectivity index (χ1v) is 8.35. The molecule has 0 spiro atoms. The first kappa shape index (κ1) is 17.0. The van der Waals surface area contributed by atoms with Crippen LogP contribution in [0.25, 0.3) is 0 Å². The number of aryl methyl sites for hydroxylation is 2. The highest BCUT2D eigenvalue weighted by Gasteiger charge is 2.22. The van der Waals surface area contributed by atoms with Crippen molar-refractivity contribution in [1.29, 1.82) is 0 Å². The summed E-state index contributed by atoms with van der Waals surface area (Å²) in [6.07, 6.45) is 3.37. The Morgan fingerprint density at radius 3 is 2.64 bits per heavy atom. The predicted octanol–water partition coefficient (Wildman–Crippen LogP) is 3.35. The lowest BCUT2D eigenvalue weighted by Gasteiger charge is -2.21. The summed E-state index contributed by atoms with van der Waals surface area (Å²) in [4.78, 5) is 19.2. The van der Waals surface area contributed by atoms with Crippen LogP contribution in [0.1, 0.15) is 40.2 Å². The van der Waals surface area contributed by atoms with Crippen LogP contribution in [0.15, 0.2) is 47.1 Å². The standard InChI is InChI=1S/C19H22N4O2/c1-4-23-15(3)18(11-21-23)19(24)22(12-16-7-5-6-10-20-16)13-17-9-8-14(2)25-17/h5-11H,4,12-13H2,1-3H3. The summed E-state index contributed by atoms with van der Waals surface area (Å²) < 4.78 is 7.48. The molecule has 25 heavy (non-hydrogen) atoms. The van der Waals surface area contributed by atoms with Crippen LogP contribution in [-0.2, 0) is 19.6 Å². The lowest BCUT2D eigenvalue weighted by molar-refractivity contribution is 0.0714. The summed E-state index contributed by atoms with van der Waals surface area (Å²) in [5.41, 5.74) is 2.31. The van der Waals surface area contributed by atoms with Crippen molar-refractivity contribution in [3.05, 3.63) is 71.2 Å². The number of rotatable bonds is 6. The van der Waals surface area contributed by atoms with Crippen LogP contribution in [0.2, 0.25) is 0 Å². The van der Waals surface area contributed by atoms with Crippen LogP contribution in [0.3, 0.4) is 0 Å². The molecule has 0 bridgehead atoms. The molecule has 0 N–H and O–H groups in total. The van der Waals surface area contributed by atoms with Gasteiger partial charge in [0.15, 0.2) is 0 Å². The van der Waals surface area contributed by atoms with E-state index >= 15 is 0 Å². The van der Waals surface area contributed by atoms with E-state index in [1.165, 1.54) is 0 Å². The highest BCUT2D eigenvalue weighted by atomic mass is 16.3. The van der Waals surface area contributed by atoms with Crippen LogP contribution < -0.4 is 0 Å². The molecule has 6 heteroatoms. The van der Waals surface area contributed by atoms with E-state index in [1.54, 1.807) is 17.3 Å². The second kappa shape index (κ2) is 7.34. The molecule has 0 atom stereocenters. The largest absolute Gasteiger partial charge is 0.464 e. The van der Waals surface area contributed by atoms with Gasteiger partial charge in [-0.3, -0.25) is 14.5 Å². The SMILES string of the molecule is CCn1ncc(C(=O)N(Cc2ccccn2)Cc2ccc(C)o2)c1C. The van der Waals surface area contributed by atoms with E-state index in [0.717, 1.165) is 29.5 Å². The van der Waals surface area contributed by atoms with Crippen LogP contribution in [0.5, 0.6) is 0 Å². The van der Waals surface area contributed by atoms with Gasteiger partial charge in [-0.1, -0.05) is 6.07 Å². The van der Waals surface area contributed by atoms with Crippen LogP contribution in [-0.4, -0.2) is 25.6 Å². The number of hydrogen-bond acceptors (Lipinski definition) is 4. The van der Waals surface area contributed by atoms with Gasteiger partial charge in [-0.15, -0.1) is 0 Å². The average molecular weight is 338 g/mol. The van der Waals surface area contributed by atoms with E-state index in [1.807, 2.05) is 55.8 Å². The Kier molecular flexibility index (Phi) is 4.97. The molecule has 1 amide bonds. The molecule has 6 nitrogen and oxygen atoms in total. The van der Waals surface area contributed by atoms with Gasteiger partial charge in [0, 0.05) is 18.4 Å². The van der Waals surface area contributed by atoms with Crippen molar-refractivity contribution in [1.82, 2.24) is 19.7 Å². The molecule has 0 unspecified atom stereocenters. The maximum atomic E-state index is 13.1. The number of amides is 1. The molecule has 3 aromatic heterocycles. The highest BCUT2D eigenvalue weighted by Crippen LogP contribution is 2.17. The second-order valence-corrected chi connectivity index (χ2v) is 5.95. The number of furan rings is 1. The third-order valence-electron chi connectivity index (χ3n) is 4.14. The molecule has 3 aromatic rings. The minimum atomic E-state index is -0.0723. The maximum absolute atomic E-state index is 13.1. The van der Waals surface area contributed by atoms with Gasteiger partial charge in [-0.05, 0) is 45.0 Å². The van der Waals surface area contributed by atoms with E-state index in [2.05, 4.69) is 10.1 Å². The molecule has 0 fully saturated rings. The molecule has 0 saturated heterocycles. The lowest BCUT2D eigenvalue weighted by atomic mass is 10.2. The van der Waals surface area contributed by atoms with Crippen molar-refractivity contribution in [2.24, 2.45) is 0 Å². The van der Waals surface area contributed by atoms with Crippen molar-refractivity contribution in [2.75, 3.05) is 0 Å². The van der Waals surface area contributed by atoms with E-state index in [9.17, 15) is 4.79 Å². The highest BCUT2D eigenvalue weighted by molar-refractivity contribution is 5.95.